The first-order chi connectivity index (χ1) is 13.3. The summed E-state index contributed by atoms with van der Waals surface area (Å²) in [5.41, 5.74) is 3.35. The molecule has 0 atom stereocenters. The fourth-order valence-corrected chi connectivity index (χ4v) is 2.95. The SMILES string of the molecule is CCOc1cccc(-c2nc(-c3cccc(OC)c3)c3ccccc3n2)n1. The molecule has 0 radical (unpaired) electrons. The lowest BCUT2D eigenvalue weighted by molar-refractivity contribution is 0.327. The van der Waals surface area contributed by atoms with Crippen LogP contribution in [0.4, 0.5) is 0 Å². The number of para-hydroxylation sites is 1. The fraction of sp³-hybridized carbons (Fsp3) is 0.136. The van der Waals surface area contributed by atoms with Crippen LogP contribution in [0.3, 0.4) is 0 Å². The molecule has 134 valence electrons. The first-order valence-corrected chi connectivity index (χ1v) is 8.80. The zero-order chi connectivity index (χ0) is 18.6. The second-order valence-electron chi connectivity index (χ2n) is 5.94. The van der Waals surface area contributed by atoms with Gasteiger partial charge in [0.1, 0.15) is 11.4 Å². The first kappa shape index (κ1) is 17.0. The van der Waals surface area contributed by atoms with Crippen molar-refractivity contribution in [2.45, 2.75) is 6.92 Å². The van der Waals surface area contributed by atoms with E-state index in [1.165, 1.54) is 0 Å². The lowest BCUT2D eigenvalue weighted by Gasteiger charge is -2.10. The number of rotatable bonds is 5. The van der Waals surface area contributed by atoms with Crippen LogP contribution in [-0.2, 0) is 0 Å². The molecule has 5 heteroatoms. The molecule has 27 heavy (non-hydrogen) atoms. The lowest BCUT2D eigenvalue weighted by atomic mass is 10.1. The Morgan fingerprint density at radius 1 is 0.852 bits per heavy atom. The molecule has 0 bridgehead atoms. The van der Waals surface area contributed by atoms with Gasteiger partial charge in [0.15, 0.2) is 5.82 Å². The van der Waals surface area contributed by atoms with Crippen molar-refractivity contribution in [3.05, 3.63) is 66.7 Å². The number of nitrogens with zero attached hydrogens (tertiary/aromatic N) is 3. The molecule has 0 spiro atoms. The zero-order valence-corrected chi connectivity index (χ0v) is 15.2. The molecule has 5 nitrogen and oxygen atoms in total. The molecule has 0 saturated heterocycles. The Morgan fingerprint density at radius 3 is 2.56 bits per heavy atom. The quantitative estimate of drug-likeness (QED) is 0.515. The predicted octanol–water partition coefficient (Wildman–Crippen LogP) is 4.77. The van der Waals surface area contributed by atoms with Crippen LogP contribution in [0.5, 0.6) is 11.6 Å². The maximum absolute atomic E-state index is 5.52. The van der Waals surface area contributed by atoms with Gasteiger partial charge in [-0.05, 0) is 31.2 Å². The Hall–Kier alpha value is -3.47. The van der Waals surface area contributed by atoms with Gasteiger partial charge < -0.3 is 9.47 Å². The Balaban J connectivity index is 1.92. The van der Waals surface area contributed by atoms with Crippen molar-refractivity contribution in [1.29, 1.82) is 0 Å². The van der Waals surface area contributed by atoms with Crippen LogP contribution in [0.25, 0.3) is 33.7 Å². The summed E-state index contributed by atoms with van der Waals surface area (Å²) < 4.78 is 10.9. The summed E-state index contributed by atoms with van der Waals surface area (Å²) >= 11 is 0. The number of ether oxygens (including phenoxy) is 2. The van der Waals surface area contributed by atoms with Crippen LogP contribution in [0.2, 0.25) is 0 Å². The topological polar surface area (TPSA) is 57.1 Å². The summed E-state index contributed by atoms with van der Waals surface area (Å²) in [5.74, 6) is 1.91. The van der Waals surface area contributed by atoms with Gasteiger partial charge >= 0.3 is 0 Å². The van der Waals surface area contributed by atoms with Crippen LogP contribution < -0.4 is 9.47 Å². The van der Waals surface area contributed by atoms with Crippen LogP contribution in [0.15, 0.2) is 66.7 Å². The highest BCUT2D eigenvalue weighted by molar-refractivity contribution is 5.93. The molecule has 0 aliphatic carbocycles. The average molecular weight is 357 g/mol. The van der Waals surface area contributed by atoms with E-state index in [0.29, 0.717) is 24.0 Å². The third-order valence-electron chi connectivity index (χ3n) is 4.19. The van der Waals surface area contributed by atoms with Gasteiger partial charge in [-0.25, -0.2) is 15.0 Å². The number of pyridine rings is 1. The van der Waals surface area contributed by atoms with E-state index in [1.807, 2.05) is 73.7 Å². The molecular weight excluding hydrogens is 338 g/mol. The molecule has 4 aromatic rings. The van der Waals surface area contributed by atoms with Crippen molar-refractivity contribution < 1.29 is 9.47 Å². The summed E-state index contributed by atoms with van der Waals surface area (Å²) in [4.78, 5) is 14.1. The monoisotopic (exact) mass is 357 g/mol. The zero-order valence-electron chi connectivity index (χ0n) is 15.2. The van der Waals surface area contributed by atoms with Crippen molar-refractivity contribution in [3.63, 3.8) is 0 Å². The number of methoxy groups -OCH3 is 1. The third kappa shape index (κ3) is 3.44. The molecule has 2 aromatic carbocycles. The summed E-state index contributed by atoms with van der Waals surface area (Å²) in [6, 6.07) is 21.5. The highest BCUT2D eigenvalue weighted by Gasteiger charge is 2.13. The van der Waals surface area contributed by atoms with Gasteiger partial charge in [0.25, 0.3) is 0 Å². The second-order valence-corrected chi connectivity index (χ2v) is 5.94. The minimum Gasteiger partial charge on any atom is -0.497 e. The molecule has 0 aliphatic heterocycles. The Bertz CT molecular complexity index is 1100. The average Bonchev–Trinajstić information content (AvgIpc) is 2.73. The number of aromatic nitrogens is 3. The largest absolute Gasteiger partial charge is 0.497 e. The molecule has 4 rings (SSSR count). The highest BCUT2D eigenvalue weighted by Crippen LogP contribution is 2.30. The number of hydrogen-bond acceptors (Lipinski definition) is 5. The van der Waals surface area contributed by atoms with E-state index in [0.717, 1.165) is 27.9 Å². The fourth-order valence-electron chi connectivity index (χ4n) is 2.95. The maximum atomic E-state index is 5.52. The van der Waals surface area contributed by atoms with Gasteiger partial charge in [-0.2, -0.15) is 0 Å². The molecule has 0 fully saturated rings. The predicted molar refractivity (Wildman–Crippen MR) is 106 cm³/mol. The minimum atomic E-state index is 0.560. The van der Waals surface area contributed by atoms with E-state index in [2.05, 4.69) is 4.98 Å². The summed E-state index contributed by atoms with van der Waals surface area (Å²) in [6.45, 7) is 2.49. The van der Waals surface area contributed by atoms with Crippen LogP contribution in [-0.4, -0.2) is 28.7 Å². The van der Waals surface area contributed by atoms with Gasteiger partial charge in [0.05, 0.1) is 24.9 Å². The van der Waals surface area contributed by atoms with E-state index < -0.39 is 0 Å². The normalized spacial score (nSPS) is 10.7. The Morgan fingerprint density at radius 2 is 1.70 bits per heavy atom. The molecule has 0 amide bonds. The molecule has 2 aromatic heterocycles. The van der Waals surface area contributed by atoms with E-state index in [1.54, 1.807) is 7.11 Å². The lowest BCUT2D eigenvalue weighted by Crippen LogP contribution is -1.99. The van der Waals surface area contributed by atoms with Crippen molar-refractivity contribution in [1.82, 2.24) is 15.0 Å². The smallest absolute Gasteiger partial charge is 0.213 e. The highest BCUT2D eigenvalue weighted by atomic mass is 16.5. The minimum absolute atomic E-state index is 0.560. The van der Waals surface area contributed by atoms with E-state index in [4.69, 9.17) is 19.4 Å². The first-order valence-electron chi connectivity index (χ1n) is 8.80. The second kappa shape index (κ2) is 7.41. The number of hydrogen-bond donors (Lipinski definition) is 0. The van der Waals surface area contributed by atoms with Gasteiger partial charge in [0, 0.05) is 17.0 Å². The molecule has 0 saturated carbocycles. The summed E-state index contributed by atoms with van der Waals surface area (Å²) in [5, 5.41) is 0.982. The molecule has 0 aliphatic rings. The van der Waals surface area contributed by atoms with E-state index in [9.17, 15) is 0 Å². The Kier molecular flexibility index (Phi) is 4.66. The van der Waals surface area contributed by atoms with E-state index >= 15 is 0 Å². The maximum Gasteiger partial charge on any atom is 0.213 e. The molecular formula is C22H19N3O2. The number of benzene rings is 2. The van der Waals surface area contributed by atoms with Gasteiger partial charge in [-0.15, -0.1) is 0 Å². The van der Waals surface area contributed by atoms with Crippen LogP contribution >= 0.6 is 0 Å². The van der Waals surface area contributed by atoms with Crippen molar-refractivity contribution in [3.8, 4) is 34.4 Å². The van der Waals surface area contributed by atoms with Crippen molar-refractivity contribution >= 4 is 10.9 Å². The van der Waals surface area contributed by atoms with Crippen LogP contribution in [0.1, 0.15) is 6.92 Å². The number of fused-ring (bicyclic) bond motifs is 1. The van der Waals surface area contributed by atoms with Crippen molar-refractivity contribution in [2.75, 3.05) is 13.7 Å². The van der Waals surface area contributed by atoms with E-state index in [-0.39, 0.29) is 0 Å². The summed E-state index contributed by atoms with van der Waals surface area (Å²) in [7, 11) is 1.66. The molecule has 0 N–H and O–H groups in total. The van der Waals surface area contributed by atoms with Gasteiger partial charge in [-0.1, -0.05) is 36.4 Å². The van der Waals surface area contributed by atoms with Gasteiger partial charge in [-0.3, -0.25) is 0 Å². The van der Waals surface area contributed by atoms with Crippen molar-refractivity contribution in [2.24, 2.45) is 0 Å². The molecule has 2 heterocycles. The third-order valence-corrected chi connectivity index (χ3v) is 4.19. The standard InChI is InChI=1S/C22H19N3O2/c1-3-27-20-13-7-12-19(23-20)22-24-18-11-5-4-10-17(18)21(25-22)15-8-6-9-16(14-15)26-2/h4-14H,3H2,1-2H3. The molecule has 0 unspecified atom stereocenters. The summed E-state index contributed by atoms with van der Waals surface area (Å²) in [6.07, 6.45) is 0. The Labute approximate surface area is 157 Å². The van der Waals surface area contributed by atoms with Gasteiger partial charge in [0.2, 0.25) is 5.88 Å². The van der Waals surface area contributed by atoms with Crippen LogP contribution in [0, 0.1) is 0 Å².